The van der Waals surface area contributed by atoms with E-state index in [1.165, 1.54) is 24.5 Å². The molecular weight excluding hydrogens is 288 g/mol. The average molecular weight is 308 g/mol. The zero-order valence-corrected chi connectivity index (χ0v) is 13.3. The van der Waals surface area contributed by atoms with Crippen LogP contribution in [0.3, 0.4) is 0 Å². The SMILES string of the molecule is CC(C)=COc1ccc([N+](=O)[O-])cc1NC(=O)OC(C)(C)C. The summed E-state index contributed by atoms with van der Waals surface area (Å²) in [7, 11) is 0. The van der Waals surface area contributed by atoms with Gasteiger partial charge < -0.3 is 9.47 Å². The molecule has 0 fully saturated rings. The van der Waals surface area contributed by atoms with Gasteiger partial charge in [-0.15, -0.1) is 0 Å². The van der Waals surface area contributed by atoms with Crippen LogP contribution in [0.4, 0.5) is 16.2 Å². The first-order valence-corrected chi connectivity index (χ1v) is 6.67. The summed E-state index contributed by atoms with van der Waals surface area (Å²) >= 11 is 0. The van der Waals surface area contributed by atoms with Crippen molar-refractivity contribution >= 4 is 17.5 Å². The van der Waals surface area contributed by atoms with E-state index in [2.05, 4.69) is 5.32 Å². The summed E-state index contributed by atoms with van der Waals surface area (Å²) in [6, 6.07) is 3.94. The van der Waals surface area contributed by atoms with Crippen LogP contribution in [0.2, 0.25) is 0 Å². The van der Waals surface area contributed by atoms with Crippen molar-refractivity contribution in [3.05, 3.63) is 40.1 Å². The number of carbonyl (C=O) groups is 1. The minimum Gasteiger partial charge on any atom is -0.463 e. The molecule has 1 amide bonds. The highest BCUT2D eigenvalue weighted by atomic mass is 16.6. The van der Waals surface area contributed by atoms with Gasteiger partial charge in [-0.3, -0.25) is 15.4 Å². The summed E-state index contributed by atoms with van der Waals surface area (Å²) in [5, 5.41) is 13.3. The van der Waals surface area contributed by atoms with Gasteiger partial charge in [0.15, 0.2) is 5.75 Å². The number of amides is 1. The Balaban J connectivity index is 3.06. The number of ether oxygens (including phenoxy) is 2. The molecule has 0 unspecified atom stereocenters. The second-order valence-corrected chi connectivity index (χ2v) is 5.88. The van der Waals surface area contributed by atoms with Gasteiger partial charge in [0.1, 0.15) is 5.60 Å². The average Bonchev–Trinajstić information content (AvgIpc) is 2.34. The van der Waals surface area contributed by atoms with Gasteiger partial charge in [0.25, 0.3) is 5.69 Å². The maximum Gasteiger partial charge on any atom is 0.412 e. The number of non-ortho nitro benzene ring substituents is 1. The Bertz CT molecular complexity index is 598. The third-order valence-electron chi connectivity index (χ3n) is 2.23. The molecule has 1 rings (SSSR count). The molecule has 0 saturated heterocycles. The number of benzene rings is 1. The quantitative estimate of drug-likeness (QED) is 0.510. The van der Waals surface area contributed by atoms with Gasteiger partial charge in [0, 0.05) is 12.1 Å². The molecule has 7 heteroatoms. The van der Waals surface area contributed by atoms with E-state index in [9.17, 15) is 14.9 Å². The summed E-state index contributed by atoms with van der Waals surface area (Å²) in [6.07, 6.45) is 0.775. The monoisotopic (exact) mass is 308 g/mol. The van der Waals surface area contributed by atoms with Crippen LogP contribution in [-0.4, -0.2) is 16.6 Å². The number of hydrogen-bond donors (Lipinski definition) is 1. The lowest BCUT2D eigenvalue weighted by Gasteiger charge is -2.20. The van der Waals surface area contributed by atoms with Crippen molar-refractivity contribution in [3.8, 4) is 5.75 Å². The van der Waals surface area contributed by atoms with Crippen molar-refractivity contribution in [2.24, 2.45) is 0 Å². The molecule has 0 spiro atoms. The minimum atomic E-state index is -0.713. The highest BCUT2D eigenvalue weighted by Gasteiger charge is 2.19. The van der Waals surface area contributed by atoms with E-state index in [1.807, 2.05) is 13.8 Å². The van der Waals surface area contributed by atoms with E-state index in [4.69, 9.17) is 9.47 Å². The number of allylic oxidation sites excluding steroid dienone is 1. The molecule has 1 aromatic carbocycles. The highest BCUT2D eigenvalue weighted by Crippen LogP contribution is 2.30. The summed E-state index contributed by atoms with van der Waals surface area (Å²) in [5.74, 6) is 0.289. The first kappa shape index (κ1) is 17.5. The van der Waals surface area contributed by atoms with Crippen LogP contribution in [0.1, 0.15) is 34.6 Å². The van der Waals surface area contributed by atoms with E-state index in [-0.39, 0.29) is 17.1 Å². The third-order valence-corrected chi connectivity index (χ3v) is 2.23. The maximum absolute atomic E-state index is 11.8. The molecule has 0 heterocycles. The summed E-state index contributed by atoms with van der Waals surface area (Å²) in [4.78, 5) is 22.1. The van der Waals surface area contributed by atoms with Crippen molar-refractivity contribution in [3.63, 3.8) is 0 Å². The van der Waals surface area contributed by atoms with Gasteiger partial charge in [-0.1, -0.05) is 0 Å². The van der Waals surface area contributed by atoms with E-state index in [0.29, 0.717) is 0 Å². The lowest BCUT2D eigenvalue weighted by Crippen LogP contribution is -2.27. The third kappa shape index (κ3) is 5.82. The Morgan fingerprint density at radius 1 is 1.32 bits per heavy atom. The first-order chi connectivity index (χ1) is 10.1. The number of hydrogen-bond acceptors (Lipinski definition) is 5. The van der Waals surface area contributed by atoms with Crippen molar-refractivity contribution < 1.29 is 19.2 Å². The zero-order chi connectivity index (χ0) is 16.9. The Morgan fingerprint density at radius 2 is 1.95 bits per heavy atom. The molecule has 120 valence electrons. The lowest BCUT2D eigenvalue weighted by atomic mass is 10.2. The Labute approximate surface area is 129 Å². The first-order valence-electron chi connectivity index (χ1n) is 6.67. The van der Waals surface area contributed by atoms with Gasteiger partial charge in [0.05, 0.1) is 16.9 Å². The van der Waals surface area contributed by atoms with Crippen LogP contribution in [0.5, 0.6) is 5.75 Å². The summed E-state index contributed by atoms with van der Waals surface area (Å²) in [6.45, 7) is 8.85. The Morgan fingerprint density at radius 3 is 2.45 bits per heavy atom. The van der Waals surface area contributed by atoms with Crippen molar-refractivity contribution in [1.82, 2.24) is 0 Å². The van der Waals surface area contributed by atoms with Crippen LogP contribution in [0.25, 0.3) is 0 Å². The van der Waals surface area contributed by atoms with E-state index < -0.39 is 16.6 Å². The molecule has 0 radical (unpaired) electrons. The highest BCUT2D eigenvalue weighted by molar-refractivity contribution is 5.87. The fourth-order valence-corrected chi connectivity index (χ4v) is 1.43. The molecule has 22 heavy (non-hydrogen) atoms. The molecule has 0 aliphatic rings. The van der Waals surface area contributed by atoms with Crippen LogP contribution < -0.4 is 10.1 Å². The zero-order valence-electron chi connectivity index (χ0n) is 13.3. The van der Waals surface area contributed by atoms with Crippen molar-refractivity contribution in [2.75, 3.05) is 5.32 Å². The molecule has 1 N–H and O–H groups in total. The predicted molar refractivity (Wildman–Crippen MR) is 83.0 cm³/mol. The van der Waals surface area contributed by atoms with Gasteiger partial charge in [-0.2, -0.15) is 0 Å². The number of nitro groups is 1. The Hall–Kier alpha value is -2.57. The number of nitrogens with zero attached hydrogens (tertiary/aromatic N) is 1. The fourth-order valence-electron chi connectivity index (χ4n) is 1.43. The standard InChI is InChI=1S/C15H20N2O5/c1-10(2)9-21-13-7-6-11(17(19)20)8-12(13)16-14(18)22-15(3,4)5/h6-9H,1-5H3,(H,16,18). The lowest BCUT2D eigenvalue weighted by molar-refractivity contribution is -0.384. The molecule has 0 aliphatic carbocycles. The molecule has 0 aromatic heterocycles. The molecule has 7 nitrogen and oxygen atoms in total. The number of carbonyl (C=O) groups excluding carboxylic acids is 1. The van der Waals surface area contributed by atoms with Gasteiger partial charge in [-0.25, -0.2) is 4.79 Å². The maximum atomic E-state index is 11.8. The molecular formula is C15H20N2O5. The van der Waals surface area contributed by atoms with Crippen molar-refractivity contribution in [1.29, 1.82) is 0 Å². The largest absolute Gasteiger partial charge is 0.463 e. The smallest absolute Gasteiger partial charge is 0.412 e. The molecule has 0 saturated carbocycles. The number of nitrogens with one attached hydrogen (secondary N) is 1. The fraction of sp³-hybridized carbons (Fsp3) is 0.400. The molecule has 0 atom stereocenters. The summed E-state index contributed by atoms with van der Waals surface area (Å²) in [5.41, 5.74) is 0.240. The van der Waals surface area contributed by atoms with E-state index >= 15 is 0 Å². The van der Waals surface area contributed by atoms with Crippen molar-refractivity contribution in [2.45, 2.75) is 40.2 Å². The van der Waals surface area contributed by atoms with Gasteiger partial charge in [0.2, 0.25) is 0 Å². The minimum absolute atomic E-state index is 0.157. The molecule has 1 aromatic rings. The predicted octanol–water partition coefficient (Wildman–Crippen LogP) is 4.24. The number of nitro benzene ring substituents is 1. The topological polar surface area (TPSA) is 90.7 Å². The van der Waals surface area contributed by atoms with Crippen LogP contribution >= 0.6 is 0 Å². The normalized spacial score (nSPS) is 10.6. The summed E-state index contributed by atoms with van der Waals surface area (Å²) < 4.78 is 10.5. The van der Waals surface area contributed by atoms with Crippen LogP contribution in [0.15, 0.2) is 30.0 Å². The second-order valence-electron chi connectivity index (χ2n) is 5.88. The number of anilines is 1. The second kappa shape index (κ2) is 6.93. The molecule has 0 bridgehead atoms. The van der Waals surface area contributed by atoms with E-state index in [0.717, 1.165) is 5.57 Å². The Kier molecular flexibility index (Phi) is 5.50. The van der Waals surface area contributed by atoms with Crippen LogP contribution in [-0.2, 0) is 4.74 Å². The van der Waals surface area contributed by atoms with Crippen LogP contribution in [0, 0.1) is 10.1 Å². The molecule has 0 aliphatic heterocycles. The number of rotatable bonds is 4. The van der Waals surface area contributed by atoms with E-state index in [1.54, 1.807) is 20.8 Å². The van der Waals surface area contributed by atoms with Gasteiger partial charge in [-0.05, 0) is 46.3 Å². The van der Waals surface area contributed by atoms with Gasteiger partial charge >= 0.3 is 6.09 Å².